The van der Waals surface area contributed by atoms with E-state index in [4.69, 9.17) is 4.74 Å². The zero-order valence-corrected chi connectivity index (χ0v) is 15.1. The maximum absolute atomic E-state index is 12.9. The summed E-state index contributed by atoms with van der Waals surface area (Å²) in [6.45, 7) is 5.07. The van der Waals surface area contributed by atoms with Crippen molar-refractivity contribution in [3.63, 3.8) is 0 Å². The van der Waals surface area contributed by atoms with E-state index in [1.165, 1.54) is 0 Å². The van der Waals surface area contributed by atoms with Gasteiger partial charge >= 0.3 is 0 Å². The van der Waals surface area contributed by atoms with E-state index in [1.807, 2.05) is 45.7 Å². The van der Waals surface area contributed by atoms with Crippen LogP contribution in [0.25, 0.3) is 5.65 Å². The first-order chi connectivity index (χ1) is 12.6. The molecule has 4 rings (SSSR count). The number of nitrogens with zero attached hydrogens (tertiary/aromatic N) is 4. The highest BCUT2D eigenvalue weighted by molar-refractivity contribution is 5.94. The molecule has 7 nitrogen and oxygen atoms in total. The zero-order valence-electron chi connectivity index (χ0n) is 15.1. The Morgan fingerprint density at radius 2 is 1.88 bits per heavy atom. The molecule has 0 N–H and O–H groups in total. The van der Waals surface area contributed by atoms with Crippen molar-refractivity contribution in [1.82, 2.24) is 19.2 Å². The monoisotopic (exact) mass is 356 g/mol. The molecule has 0 radical (unpaired) electrons. The Labute approximate surface area is 152 Å². The summed E-state index contributed by atoms with van der Waals surface area (Å²) in [5.41, 5.74) is 2.41. The molecule has 0 spiro atoms. The highest BCUT2D eigenvalue weighted by atomic mass is 16.5. The summed E-state index contributed by atoms with van der Waals surface area (Å²) in [5.74, 6) is 0.0803. The first-order valence-corrected chi connectivity index (χ1v) is 9.27. The summed E-state index contributed by atoms with van der Waals surface area (Å²) in [6.07, 6.45) is 6.00. The Morgan fingerprint density at radius 3 is 2.69 bits per heavy atom. The summed E-state index contributed by atoms with van der Waals surface area (Å²) in [7, 11) is 0. The fraction of sp³-hybridized carbons (Fsp3) is 0.526. The molecule has 4 heterocycles. The fourth-order valence-corrected chi connectivity index (χ4v) is 3.74. The Kier molecular flexibility index (Phi) is 4.63. The Balaban J connectivity index is 1.44. The number of amides is 2. The summed E-state index contributed by atoms with van der Waals surface area (Å²) in [5, 5.41) is 0. The molecule has 2 aliphatic heterocycles. The van der Waals surface area contributed by atoms with Gasteiger partial charge in [0.1, 0.15) is 11.8 Å². The van der Waals surface area contributed by atoms with Crippen LogP contribution >= 0.6 is 0 Å². The number of fused-ring (bicyclic) bond motifs is 1. The van der Waals surface area contributed by atoms with Gasteiger partial charge in [0, 0.05) is 45.2 Å². The van der Waals surface area contributed by atoms with E-state index < -0.39 is 0 Å². The molecule has 138 valence electrons. The molecule has 2 aromatic rings. The molecule has 0 bridgehead atoms. The Bertz CT molecular complexity index is 825. The average molecular weight is 356 g/mol. The number of aromatic nitrogens is 2. The summed E-state index contributed by atoms with van der Waals surface area (Å²) in [4.78, 5) is 33.5. The topological polar surface area (TPSA) is 67.2 Å². The van der Waals surface area contributed by atoms with Gasteiger partial charge in [-0.3, -0.25) is 9.59 Å². The number of hydrogen-bond donors (Lipinski definition) is 0. The van der Waals surface area contributed by atoms with Crippen molar-refractivity contribution in [1.29, 1.82) is 0 Å². The highest BCUT2D eigenvalue weighted by Crippen LogP contribution is 2.17. The van der Waals surface area contributed by atoms with Crippen LogP contribution < -0.4 is 0 Å². The van der Waals surface area contributed by atoms with Gasteiger partial charge in [0.2, 0.25) is 0 Å². The lowest BCUT2D eigenvalue weighted by molar-refractivity contribution is -0.140. The van der Waals surface area contributed by atoms with E-state index >= 15 is 0 Å². The van der Waals surface area contributed by atoms with Gasteiger partial charge in [-0.1, -0.05) is 0 Å². The second-order valence-corrected chi connectivity index (χ2v) is 7.04. The number of pyridine rings is 1. The van der Waals surface area contributed by atoms with Gasteiger partial charge in [-0.2, -0.15) is 0 Å². The third-order valence-corrected chi connectivity index (χ3v) is 5.12. The van der Waals surface area contributed by atoms with Gasteiger partial charge in [-0.15, -0.1) is 0 Å². The molecule has 7 heteroatoms. The minimum Gasteiger partial charge on any atom is -0.368 e. The number of rotatable bonds is 2. The summed E-state index contributed by atoms with van der Waals surface area (Å²) < 4.78 is 7.40. The standard InChI is InChI=1S/C19H24N4O3/c1-14-12-23-13-15(5-6-17(23)20-14)18(24)21-7-3-8-22(10-9-21)19(25)16-4-2-11-26-16/h5-6,12-13,16H,2-4,7-11H2,1H3/t16-/m0/s1. The summed E-state index contributed by atoms with van der Waals surface area (Å²) >= 11 is 0. The van der Waals surface area contributed by atoms with Gasteiger partial charge in [0.05, 0.1) is 11.3 Å². The van der Waals surface area contributed by atoms with E-state index in [2.05, 4.69) is 4.98 Å². The minimum atomic E-state index is -0.288. The molecule has 2 saturated heterocycles. The molecule has 0 unspecified atom stereocenters. The molecule has 0 saturated carbocycles. The smallest absolute Gasteiger partial charge is 0.255 e. The van der Waals surface area contributed by atoms with Crippen LogP contribution in [-0.4, -0.2) is 69.9 Å². The molecule has 26 heavy (non-hydrogen) atoms. The van der Waals surface area contributed by atoms with Crippen molar-refractivity contribution in [2.45, 2.75) is 32.3 Å². The van der Waals surface area contributed by atoms with Crippen molar-refractivity contribution >= 4 is 17.5 Å². The molecular weight excluding hydrogens is 332 g/mol. The van der Waals surface area contributed by atoms with Crippen molar-refractivity contribution in [2.24, 2.45) is 0 Å². The van der Waals surface area contributed by atoms with E-state index in [0.717, 1.165) is 30.6 Å². The zero-order chi connectivity index (χ0) is 18.1. The van der Waals surface area contributed by atoms with E-state index in [0.29, 0.717) is 38.3 Å². The number of carbonyl (C=O) groups excluding carboxylic acids is 2. The predicted octanol–water partition coefficient (Wildman–Crippen LogP) is 1.50. The van der Waals surface area contributed by atoms with Crippen LogP contribution in [0.2, 0.25) is 0 Å². The predicted molar refractivity (Wildman–Crippen MR) is 96.0 cm³/mol. The lowest BCUT2D eigenvalue weighted by Crippen LogP contribution is -2.41. The van der Waals surface area contributed by atoms with Crippen LogP contribution in [0.15, 0.2) is 24.5 Å². The first kappa shape index (κ1) is 17.0. The Hall–Kier alpha value is -2.41. The Morgan fingerprint density at radius 1 is 1.08 bits per heavy atom. The first-order valence-electron chi connectivity index (χ1n) is 9.27. The van der Waals surface area contributed by atoms with Crippen molar-refractivity contribution in [3.8, 4) is 0 Å². The number of carbonyl (C=O) groups is 2. The van der Waals surface area contributed by atoms with Gasteiger partial charge in [-0.05, 0) is 38.3 Å². The molecule has 2 amide bonds. The van der Waals surface area contributed by atoms with Crippen LogP contribution in [0.3, 0.4) is 0 Å². The fourth-order valence-electron chi connectivity index (χ4n) is 3.74. The number of hydrogen-bond acceptors (Lipinski definition) is 4. The van der Waals surface area contributed by atoms with Crippen LogP contribution in [0.5, 0.6) is 0 Å². The molecule has 0 aromatic carbocycles. The van der Waals surface area contributed by atoms with Gasteiger partial charge in [-0.25, -0.2) is 4.98 Å². The number of ether oxygens (including phenoxy) is 1. The largest absolute Gasteiger partial charge is 0.368 e. The SMILES string of the molecule is Cc1cn2cc(C(=O)N3CCCN(C(=O)[C@@H]4CCCO4)CC3)ccc2n1. The van der Waals surface area contributed by atoms with E-state index in [1.54, 1.807) is 0 Å². The van der Waals surface area contributed by atoms with Crippen LogP contribution in [-0.2, 0) is 9.53 Å². The maximum Gasteiger partial charge on any atom is 0.255 e. The molecule has 2 aromatic heterocycles. The van der Waals surface area contributed by atoms with E-state index in [9.17, 15) is 9.59 Å². The minimum absolute atomic E-state index is 0.00432. The molecular formula is C19H24N4O3. The van der Waals surface area contributed by atoms with Crippen molar-refractivity contribution in [3.05, 3.63) is 35.8 Å². The number of imidazole rings is 1. The lowest BCUT2D eigenvalue weighted by Gasteiger charge is -2.24. The highest BCUT2D eigenvalue weighted by Gasteiger charge is 2.30. The van der Waals surface area contributed by atoms with Crippen LogP contribution in [0.4, 0.5) is 0 Å². The van der Waals surface area contributed by atoms with Gasteiger partial charge < -0.3 is 18.9 Å². The van der Waals surface area contributed by atoms with E-state index in [-0.39, 0.29) is 17.9 Å². The lowest BCUT2D eigenvalue weighted by atomic mass is 10.2. The second-order valence-electron chi connectivity index (χ2n) is 7.04. The quantitative estimate of drug-likeness (QED) is 0.818. The average Bonchev–Trinajstić information content (AvgIpc) is 3.23. The normalized spacial score (nSPS) is 21.2. The molecule has 0 aliphatic carbocycles. The van der Waals surface area contributed by atoms with Crippen molar-refractivity contribution in [2.75, 3.05) is 32.8 Å². The van der Waals surface area contributed by atoms with Gasteiger partial charge in [0.15, 0.2) is 0 Å². The second kappa shape index (κ2) is 7.07. The molecule has 1 atom stereocenters. The van der Waals surface area contributed by atoms with Gasteiger partial charge in [0.25, 0.3) is 11.8 Å². The summed E-state index contributed by atoms with van der Waals surface area (Å²) in [6, 6.07) is 3.69. The van der Waals surface area contributed by atoms with Crippen LogP contribution in [0, 0.1) is 6.92 Å². The van der Waals surface area contributed by atoms with Crippen LogP contribution in [0.1, 0.15) is 35.3 Å². The third kappa shape index (κ3) is 3.31. The maximum atomic E-state index is 12.9. The third-order valence-electron chi connectivity index (χ3n) is 5.12. The molecule has 2 fully saturated rings. The molecule has 2 aliphatic rings. The van der Waals surface area contributed by atoms with Crippen molar-refractivity contribution < 1.29 is 14.3 Å². The number of aryl methyl sites for hydroxylation is 1.